The van der Waals surface area contributed by atoms with Crippen LogP contribution in [-0.2, 0) is 18.9 Å². The lowest BCUT2D eigenvalue weighted by molar-refractivity contribution is -0.189. The third kappa shape index (κ3) is 6.26. The number of ether oxygens (including phenoxy) is 4. The molecular weight excluding hydrogens is 344 g/mol. The Balaban J connectivity index is 3.08. The highest BCUT2D eigenvalue weighted by Gasteiger charge is 2.53. The van der Waals surface area contributed by atoms with E-state index in [0.29, 0.717) is 6.61 Å². The molecule has 1 aliphatic rings. The van der Waals surface area contributed by atoms with Gasteiger partial charge in [0.25, 0.3) is 0 Å². The fraction of sp³-hybridized carbons (Fsp3) is 0.773. The first-order valence-electron chi connectivity index (χ1n) is 9.74. The molecule has 154 valence electrons. The molecule has 1 aliphatic carbocycles. The summed E-state index contributed by atoms with van der Waals surface area (Å²) in [6.45, 7) is 14.4. The van der Waals surface area contributed by atoms with Gasteiger partial charge in [-0.1, -0.05) is 33.1 Å². The lowest BCUT2D eigenvalue weighted by Gasteiger charge is -2.49. The van der Waals surface area contributed by atoms with Crippen molar-refractivity contribution >= 4 is 6.16 Å². The van der Waals surface area contributed by atoms with Gasteiger partial charge in [-0.15, -0.1) is 0 Å². The third-order valence-corrected chi connectivity index (χ3v) is 5.40. The largest absolute Gasteiger partial charge is 0.509 e. The summed E-state index contributed by atoms with van der Waals surface area (Å²) in [6, 6.07) is 0. The summed E-state index contributed by atoms with van der Waals surface area (Å²) in [4.78, 5) is 12.1. The van der Waals surface area contributed by atoms with Crippen LogP contribution in [0.25, 0.3) is 0 Å². The van der Waals surface area contributed by atoms with Gasteiger partial charge in [0.15, 0.2) is 11.4 Å². The minimum atomic E-state index is -0.876. The monoisotopic (exact) mass is 380 g/mol. The number of rotatable bonds is 6. The van der Waals surface area contributed by atoms with Gasteiger partial charge < -0.3 is 18.9 Å². The second-order valence-corrected chi connectivity index (χ2v) is 8.25. The van der Waals surface area contributed by atoms with Crippen molar-refractivity contribution in [2.24, 2.45) is 11.3 Å². The van der Waals surface area contributed by atoms with Crippen molar-refractivity contribution in [2.75, 3.05) is 20.3 Å². The second kappa shape index (κ2) is 9.61. The average molecular weight is 381 g/mol. The minimum absolute atomic E-state index is 0.120. The standard InChI is InChI=1S/C22H36O5/c1-9-25-19(23)27-22(18(3)11-10-14-20(22,4)5)15-12-17(2)13-16-26-21(6,7)24-8/h13,18H,9-11,14,16H2,1-8H3/b17-13+. The fourth-order valence-corrected chi connectivity index (χ4v) is 3.41. The van der Waals surface area contributed by atoms with Crippen LogP contribution < -0.4 is 0 Å². The Labute approximate surface area is 164 Å². The van der Waals surface area contributed by atoms with Crippen molar-refractivity contribution in [1.82, 2.24) is 0 Å². The van der Waals surface area contributed by atoms with E-state index in [1.165, 1.54) is 0 Å². The van der Waals surface area contributed by atoms with E-state index in [-0.39, 0.29) is 17.9 Å². The third-order valence-electron chi connectivity index (χ3n) is 5.40. The smallest absolute Gasteiger partial charge is 0.435 e. The lowest BCUT2D eigenvalue weighted by Crippen LogP contribution is -2.54. The topological polar surface area (TPSA) is 54.0 Å². The van der Waals surface area contributed by atoms with Crippen LogP contribution in [0.3, 0.4) is 0 Å². The molecule has 0 spiro atoms. The van der Waals surface area contributed by atoms with Gasteiger partial charge in [-0.05, 0) is 58.1 Å². The van der Waals surface area contributed by atoms with Crippen molar-refractivity contribution < 1.29 is 23.7 Å². The molecule has 27 heavy (non-hydrogen) atoms. The maximum absolute atomic E-state index is 12.1. The second-order valence-electron chi connectivity index (χ2n) is 8.25. The number of carbonyl (C=O) groups excluding carboxylic acids is 1. The molecule has 0 bridgehead atoms. The van der Waals surface area contributed by atoms with E-state index in [0.717, 1.165) is 24.8 Å². The Morgan fingerprint density at radius 2 is 2.00 bits per heavy atom. The molecule has 0 aromatic carbocycles. The first kappa shape index (κ1) is 23.5. The maximum atomic E-state index is 12.1. The highest BCUT2D eigenvalue weighted by atomic mass is 16.7. The summed E-state index contributed by atoms with van der Waals surface area (Å²) in [7, 11) is 1.61. The Bertz CT molecular complexity index is 594. The van der Waals surface area contributed by atoms with Crippen LogP contribution in [0.5, 0.6) is 0 Å². The van der Waals surface area contributed by atoms with Crippen molar-refractivity contribution in [1.29, 1.82) is 0 Å². The molecule has 0 N–H and O–H groups in total. The number of allylic oxidation sites excluding steroid dienone is 1. The zero-order valence-corrected chi connectivity index (χ0v) is 18.2. The first-order chi connectivity index (χ1) is 12.5. The van der Waals surface area contributed by atoms with E-state index >= 15 is 0 Å². The molecule has 0 aromatic rings. The van der Waals surface area contributed by atoms with Crippen molar-refractivity contribution in [3.05, 3.63) is 11.6 Å². The molecule has 1 fully saturated rings. The first-order valence-corrected chi connectivity index (χ1v) is 9.74. The Hall–Kier alpha value is -1.51. The molecule has 0 aliphatic heterocycles. The fourth-order valence-electron chi connectivity index (χ4n) is 3.41. The minimum Gasteiger partial charge on any atom is -0.435 e. The Morgan fingerprint density at radius 3 is 2.56 bits per heavy atom. The van der Waals surface area contributed by atoms with Crippen LogP contribution in [0, 0.1) is 23.2 Å². The normalized spacial score (nSPS) is 25.3. The molecule has 0 heterocycles. The molecule has 0 amide bonds. The Kier molecular flexibility index (Phi) is 8.38. The lowest BCUT2D eigenvalue weighted by atomic mass is 9.61. The van der Waals surface area contributed by atoms with Gasteiger partial charge in [-0.25, -0.2) is 4.79 Å². The van der Waals surface area contributed by atoms with Crippen molar-refractivity contribution in [3.63, 3.8) is 0 Å². The maximum Gasteiger partial charge on any atom is 0.509 e. The summed E-state index contributed by atoms with van der Waals surface area (Å²) in [5, 5.41) is 0. The molecule has 5 heteroatoms. The van der Waals surface area contributed by atoms with E-state index in [4.69, 9.17) is 18.9 Å². The van der Waals surface area contributed by atoms with Gasteiger partial charge in [0.05, 0.1) is 13.2 Å². The van der Waals surface area contributed by atoms with Gasteiger partial charge in [0, 0.05) is 18.4 Å². The molecule has 1 saturated carbocycles. The number of methoxy groups -OCH3 is 1. The van der Waals surface area contributed by atoms with Crippen LogP contribution in [-0.4, -0.2) is 37.9 Å². The zero-order valence-electron chi connectivity index (χ0n) is 18.2. The quantitative estimate of drug-likeness (QED) is 0.365. The average Bonchev–Trinajstić information content (AvgIpc) is 2.57. The molecule has 2 unspecified atom stereocenters. The van der Waals surface area contributed by atoms with Crippen molar-refractivity contribution in [3.8, 4) is 11.8 Å². The molecule has 0 saturated heterocycles. The molecular formula is C22H36O5. The molecule has 5 nitrogen and oxygen atoms in total. The predicted octanol–water partition coefficient (Wildman–Crippen LogP) is 5.09. The molecule has 0 radical (unpaired) electrons. The van der Waals surface area contributed by atoms with E-state index < -0.39 is 17.5 Å². The van der Waals surface area contributed by atoms with E-state index in [9.17, 15) is 4.79 Å². The van der Waals surface area contributed by atoms with Gasteiger partial charge in [0.1, 0.15) is 0 Å². The summed E-state index contributed by atoms with van der Waals surface area (Å²) in [5.74, 6) is 5.97. The van der Waals surface area contributed by atoms with Gasteiger partial charge >= 0.3 is 6.16 Å². The van der Waals surface area contributed by atoms with Crippen LogP contribution in [0.1, 0.15) is 67.7 Å². The SMILES string of the molecule is CCOC(=O)OC1(C#C/C(C)=C/COC(C)(C)OC)C(C)CCCC1(C)C. The van der Waals surface area contributed by atoms with E-state index in [1.807, 2.05) is 26.8 Å². The van der Waals surface area contributed by atoms with Crippen LogP contribution in [0.15, 0.2) is 11.6 Å². The van der Waals surface area contributed by atoms with Gasteiger partial charge in [0.2, 0.25) is 0 Å². The summed E-state index contributed by atoms with van der Waals surface area (Å²) in [6.07, 6.45) is 4.26. The zero-order chi connectivity index (χ0) is 20.7. The highest BCUT2D eigenvalue weighted by molar-refractivity contribution is 5.61. The molecule has 0 aromatic heterocycles. The predicted molar refractivity (Wildman–Crippen MR) is 106 cm³/mol. The van der Waals surface area contributed by atoms with Gasteiger partial charge in [-0.3, -0.25) is 0 Å². The van der Waals surface area contributed by atoms with Crippen LogP contribution in [0.4, 0.5) is 4.79 Å². The van der Waals surface area contributed by atoms with Crippen LogP contribution >= 0.6 is 0 Å². The number of carbonyl (C=O) groups is 1. The van der Waals surface area contributed by atoms with E-state index in [2.05, 4.69) is 32.6 Å². The summed E-state index contributed by atoms with van der Waals surface area (Å²) < 4.78 is 21.8. The molecule has 1 rings (SSSR count). The van der Waals surface area contributed by atoms with E-state index in [1.54, 1.807) is 14.0 Å². The van der Waals surface area contributed by atoms with Gasteiger partial charge in [-0.2, -0.15) is 0 Å². The highest BCUT2D eigenvalue weighted by Crippen LogP contribution is 2.49. The Morgan fingerprint density at radius 1 is 1.33 bits per heavy atom. The number of hydrogen-bond acceptors (Lipinski definition) is 5. The summed E-state index contributed by atoms with van der Waals surface area (Å²) >= 11 is 0. The summed E-state index contributed by atoms with van der Waals surface area (Å²) in [5.41, 5.74) is -0.277. The van der Waals surface area contributed by atoms with Crippen LogP contribution in [0.2, 0.25) is 0 Å². The van der Waals surface area contributed by atoms with Crippen molar-refractivity contribution in [2.45, 2.75) is 79.1 Å². The number of hydrogen-bond donors (Lipinski definition) is 0. The molecule has 2 atom stereocenters.